The number of nitrogens with one attached hydrogen (secondary N) is 2. The van der Waals surface area contributed by atoms with Crippen LogP contribution in [-0.4, -0.2) is 32.1 Å². The number of aromatic nitrogens is 4. The summed E-state index contributed by atoms with van der Waals surface area (Å²) in [6.45, 7) is 2.07. The molecule has 2 N–H and O–H groups in total. The molecule has 6 heteroatoms. The summed E-state index contributed by atoms with van der Waals surface area (Å²) in [7, 11) is 0. The van der Waals surface area contributed by atoms with Crippen molar-refractivity contribution in [1.29, 1.82) is 0 Å². The minimum absolute atomic E-state index is 0.0454. The van der Waals surface area contributed by atoms with Crippen molar-refractivity contribution in [1.82, 2.24) is 25.9 Å². The molecule has 1 aromatic heterocycles. The molecular formula is C14H17N5O. The van der Waals surface area contributed by atoms with Gasteiger partial charge in [-0.1, -0.05) is 35.0 Å². The number of H-pyrrole nitrogens is 1. The smallest absolute Gasteiger partial charge is 0.228 e. The Morgan fingerprint density at radius 2 is 2.10 bits per heavy atom. The average molecular weight is 271 g/mol. The Balaban J connectivity index is 1.59. The average Bonchev–Trinajstić information content (AvgIpc) is 2.96. The van der Waals surface area contributed by atoms with Crippen molar-refractivity contribution in [3.05, 3.63) is 41.2 Å². The first-order valence-corrected chi connectivity index (χ1v) is 6.74. The summed E-state index contributed by atoms with van der Waals surface area (Å²) in [4.78, 5) is 12.0. The van der Waals surface area contributed by atoms with Gasteiger partial charge in [-0.15, -0.1) is 10.2 Å². The molecule has 0 saturated heterocycles. The molecule has 0 bridgehead atoms. The van der Waals surface area contributed by atoms with Gasteiger partial charge in [0.2, 0.25) is 5.91 Å². The van der Waals surface area contributed by atoms with Crippen LogP contribution in [0, 0.1) is 6.92 Å². The van der Waals surface area contributed by atoms with Gasteiger partial charge in [0.05, 0.1) is 6.42 Å². The zero-order valence-electron chi connectivity index (χ0n) is 11.4. The molecule has 0 radical (unpaired) electrons. The predicted molar refractivity (Wildman–Crippen MR) is 72.9 cm³/mol. The van der Waals surface area contributed by atoms with Crippen molar-refractivity contribution in [2.45, 2.75) is 38.1 Å². The largest absolute Gasteiger partial charge is 0.350 e. The monoisotopic (exact) mass is 271 g/mol. The van der Waals surface area contributed by atoms with E-state index in [4.69, 9.17) is 0 Å². The fourth-order valence-corrected chi connectivity index (χ4v) is 2.33. The van der Waals surface area contributed by atoms with E-state index in [1.54, 1.807) is 0 Å². The van der Waals surface area contributed by atoms with Gasteiger partial charge in [-0.3, -0.25) is 4.79 Å². The van der Waals surface area contributed by atoms with Crippen LogP contribution in [0.3, 0.4) is 0 Å². The number of hydrogen-bond acceptors (Lipinski definition) is 4. The van der Waals surface area contributed by atoms with Gasteiger partial charge in [-0.25, -0.2) is 0 Å². The number of nitrogens with zero attached hydrogens (tertiary/aromatic N) is 3. The Labute approximate surface area is 117 Å². The van der Waals surface area contributed by atoms with E-state index in [9.17, 15) is 4.79 Å². The van der Waals surface area contributed by atoms with E-state index in [1.165, 1.54) is 11.1 Å². The Bertz CT molecular complexity index is 587. The molecule has 1 saturated carbocycles. The molecule has 1 heterocycles. The summed E-state index contributed by atoms with van der Waals surface area (Å²) >= 11 is 0. The van der Waals surface area contributed by atoms with Crippen LogP contribution in [-0.2, 0) is 17.6 Å². The lowest BCUT2D eigenvalue weighted by atomic mass is 10.0. The topological polar surface area (TPSA) is 83.6 Å². The van der Waals surface area contributed by atoms with Crippen LogP contribution in [0.1, 0.15) is 29.8 Å². The lowest BCUT2D eigenvalue weighted by molar-refractivity contribution is -0.121. The van der Waals surface area contributed by atoms with E-state index in [0.717, 1.165) is 19.3 Å². The van der Waals surface area contributed by atoms with Crippen LogP contribution < -0.4 is 5.32 Å². The second kappa shape index (κ2) is 5.03. The number of amides is 1. The summed E-state index contributed by atoms with van der Waals surface area (Å²) in [6.07, 6.45) is 3.11. The summed E-state index contributed by atoms with van der Waals surface area (Å²) in [5, 5.41) is 16.5. The summed E-state index contributed by atoms with van der Waals surface area (Å²) < 4.78 is 0. The van der Waals surface area contributed by atoms with E-state index in [2.05, 4.69) is 57.1 Å². The lowest BCUT2D eigenvalue weighted by Gasteiger charge is -2.17. The molecule has 0 aliphatic heterocycles. The van der Waals surface area contributed by atoms with Crippen molar-refractivity contribution < 1.29 is 4.79 Å². The molecule has 3 rings (SSSR count). The van der Waals surface area contributed by atoms with Gasteiger partial charge in [0, 0.05) is 5.54 Å². The molecule has 0 unspecified atom stereocenters. The first kappa shape index (κ1) is 12.8. The fourth-order valence-electron chi connectivity index (χ4n) is 2.33. The number of carbonyl (C=O) groups is 1. The van der Waals surface area contributed by atoms with E-state index < -0.39 is 0 Å². The van der Waals surface area contributed by atoms with Crippen molar-refractivity contribution in [3.8, 4) is 0 Å². The zero-order valence-corrected chi connectivity index (χ0v) is 11.4. The molecule has 1 aliphatic rings. The summed E-state index contributed by atoms with van der Waals surface area (Å²) in [5.41, 5.74) is 2.43. The highest BCUT2D eigenvalue weighted by atomic mass is 16.1. The molecular weight excluding hydrogens is 254 g/mol. The number of hydrogen-bond donors (Lipinski definition) is 2. The first-order valence-electron chi connectivity index (χ1n) is 6.74. The molecule has 1 aliphatic carbocycles. The number of aromatic amines is 1. The third-order valence-corrected chi connectivity index (χ3v) is 3.63. The third kappa shape index (κ3) is 3.01. The van der Waals surface area contributed by atoms with Gasteiger partial charge in [0.25, 0.3) is 0 Å². The minimum Gasteiger partial charge on any atom is -0.350 e. The number of rotatable bonds is 5. The number of aryl methyl sites for hydroxylation is 1. The van der Waals surface area contributed by atoms with Crippen LogP contribution in [0.25, 0.3) is 0 Å². The van der Waals surface area contributed by atoms with Crippen LogP contribution in [0.4, 0.5) is 0 Å². The minimum atomic E-state index is -0.0733. The molecule has 2 aromatic rings. The standard InChI is InChI=1S/C14H17N5O/c1-10-2-4-11(5-3-10)9-14(6-7-14)15-13(20)8-12-16-18-19-17-12/h2-5H,6-9H2,1H3,(H,15,20)(H,16,17,18,19). The summed E-state index contributed by atoms with van der Waals surface area (Å²) in [6, 6.07) is 8.46. The second-order valence-corrected chi connectivity index (χ2v) is 5.50. The molecule has 0 atom stereocenters. The Morgan fingerprint density at radius 3 is 2.70 bits per heavy atom. The van der Waals surface area contributed by atoms with E-state index >= 15 is 0 Å². The highest BCUT2D eigenvalue weighted by Crippen LogP contribution is 2.38. The summed E-state index contributed by atoms with van der Waals surface area (Å²) in [5.74, 6) is 0.379. The Morgan fingerprint density at radius 1 is 1.35 bits per heavy atom. The maximum Gasteiger partial charge on any atom is 0.228 e. The van der Waals surface area contributed by atoms with Gasteiger partial charge >= 0.3 is 0 Å². The van der Waals surface area contributed by atoms with Gasteiger partial charge in [0.15, 0.2) is 5.82 Å². The Kier molecular flexibility index (Phi) is 3.22. The van der Waals surface area contributed by atoms with Crippen molar-refractivity contribution >= 4 is 5.91 Å². The van der Waals surface area contributed by atoms with E-state index in [1.807, 2.05) is 0 Å². The number of benzene rings is 1. The van der Waals surface area contributed by atoms with Crippen molar-refractivity contribution in [2.24, 2.45) is 0 Å². The quantitative estimate of drug-likeness (QED) is 0.847. The normalized spacial score (nSPS) is 15.8. The second-order valence-electron chi connectivity index (χ2n) is 5.50. The molecule has 0 spiro atoms. The van der Waals surface area contributed by atoms with E-state index in [-0.39, 0.29) is 17.9 Å². The molecule has 20 heavy (non-hydrogen) atoms. The van der Waals surface area contributed by atoms with Crippen LogP contribution in [0.15, 0.2) is 24.3 Å². The predicted octanol–water partition coefficient (Wildman–Crippen LogP) is 0.942. The third-order valence-electron chi connectivity index (χ3n) is 3.63. The molecule has 1 fully saturated rings. The lowest BCUT2D eigenvalue weighted by Crippen LogP contribution is -2.39. The number of tetrazole rings is 1. The van der Waals surface area contributed by atoms with Gasteiger partial charge in [-0.05, 0) is 31.7 Å². The molecule has 6 nitrogen and oxygen atoms in total. The van der Waals surface area contributed by atoms with Gasteiger partial charge in [0.1, 0.15) is 0 Å². The maximum absolute atomic E-state index is 12.0. The van der Waals surface area contributed by atoms with Crippen LogP contribution in [0.2, 0.25) is 0 Å². The fraction of sp³-hybridized carbons (Fsp3) is 0.429. The van der Waals surface area contributed by atoms with Crippen molar-refractivity contribution in [3.63, 3.8) is 0 Å². The molecule has 1 aromatic carbocycles. The Hall–Kier alpha value is -2.24. The van der Waals surface area contributed by atoms with Crippen molar-refractivity contribution in [2.75, 3.05) is 0 Å². The maximum atomic E-state index is 12.0. The van der Waals surface area contributed by atoms with E-state index in [0.29, 0.717) is 5.82 Å². The van der Waals surface area contributed by atoms with Gasteiger partial charge < -0.3 is 5.32 Å². The highest BCUT2D eigenvalue weighted by Gasteiger charge is 2.43. The zero-order chi connectivity index (χ0) is 14.0. The highest BCUT2D eigenvalue weighted by molar-refractivity contribution is 5.79. The SMILES string of the molecule is Cc1ccc(CC2(NC(=O)Cc3nn[nH]n3)CC2)cc1. The van der Waals surface area contributed by atoms with Gasteiger partial charge in [-0.2, -0.15) is 5.21 Å². The molecule has 104 valence electrons. The molecule has 1 amide bonds. The van der Waals surface area contributed by atoms with Crippen LogP contribution in [0.5, 0.6) is 0 Å². The number of carbonyl (C=O) groups excluding carboxylic acids is 1. The first-order chi connectivity index (χ1) is 9.65. The van der Waals surface area contributed by atoms with Crippen LogP contribution >= 0.6 is 0 Å².